The van der Waals surface area contributed by atoms with Gasteiger partial charge in [0.25, 0.3) is 0 Å². The molecule has 0 unspecified atom stereocenters. The molecule has 0 saturated heterocycles. The van der Waals surface area contributed by atoms with Gasteiger partial charge in [-0.25, -0.2) is 0 Å². The van der Waals surface area contributed by atoms with E-state index in [1.54, 1.807) is 0 Å². The Kier molecular flexibility index (Phi) is 32.6. The van der Waals surface area contributed by atoms with Gasteiger partial charge in [0.05, 0.1) is 6.26 Å². The number of carbonyl (C=O) groups is 1. The minimum atomic E-state index is -0.653. The predicted molar refractivity (Wildman–Crippen MR) is 100 cm³/mol. The maximum Gasteiger partial charge on any atom is 0.303 e. The summed E-state index contributed by atoms with van der Waals surface area (Å²) in [6.07, 6.45) is 20.9. The largest absolute Gasteiger partial charge is 0.516 e. The summed E-state index contributed by atoms with van der Waals surface area (Å²) in [6.45, 7) is 5.19. The molecule has 0 heterocycles. The fourth-order valence-electron chi connectivity index (χ4n) is 2.65. The summed E-state index contributed by atoms with van der Waals surface area (Å²) in [5, 5.41) is 15.9. The molecule has 0 spiro atoms. The third-order valence-corrected chi connectivity index (χ3v) is 3.99. The number of carboxylic acid groups (broad SMARTS) is 1. The zero-order valence-corrected chi connectivity index (χ0v) is 19.1. The maximum atomic E-state index is 10.3. The van der Waals surface area contributed by atoms with E-state index in [9.17, 15) is 4.79 Å². The molecule has 0 rings (SSSR count). The minimum absolute atomic E-state index is 0. The zero-order chi connectivity index (χ0) is 17.6. The topological polar surface area (TPSA) is 57.5 Å². The van der Waals surface area contributed by atoms with Crippen molar-refractivity contribution in [3.8, 4) is 0 Å². The first-order chi connectivity index (χ1) is 11.2. The van der Waals surface area contributed by atoms with Gasteiger partial charge in [-0.15, -0.1) is 0 Å². The molecule has 0 atom stereocenters. The summed E-state index contributed by atoms with van der Waals surface area (Å²) in [5.41, 5.74) is 0. The van der Waals surface area contributed by atoms with E-state index in [1.807, 2.05) is 0 Å². The predicted octanol–water partition coefficient (Wildman–Crippen LogP) is 7.02. The van der Waals surface area contributed by atoms with Crippen LogP contribution in [0, 0.1) is 0 Å². The van der Waals surface area contributed by atoms with Crippen LogP contribution in [0.4, 0.5) is 0 Å². The van der Waals surface area contributed by atoms with Gasteiger partial charge in [-0.3, -0.25) is 4.79 Å². The van der Waals surface area contributed by atoms with Gasteiger partial charge in [0, 0.05) is 25.9 Å². The van der Waals surface area contributed by atoms with Crippen molar-refractivity contribution in [2.45, 2.75) is 110 Å². The van der Waals surface area contributed by atoms with E-state index in [2.05, 4.69) is 13.5 Å². The van der Waals surface area contributed by atoms with E-state index < -0.39 is 5.97 Å². The number of aliphatic hydroxyl groups is 1. The second-order valence-electron chi connectivity index (χ2n) is 6.28. The second kappa shape index (κ2) is 27.5. The van der Waals surface area contributed by atoms with Crippen LogP contribution in [0.3, 0.4) is 0 Å². The van der Waals surface area contributed by atoms with Crippen LogP contribution in [0.1, 0.15) is 110 Å². The van der Waals surface area contributed by atoms with E-state index in [-0.39, 0.29) is 19.5 Å². The summed E-state index contributed by atoms with van der Waals surface area (Å²) in [7, 11) is 0. The molecule has 0 aromatic carbocycles. The van der Waals surface area contributed by atoms with Crippen LogP contribution < -0.4 is 0 Å². The van der Waals surface area contributed by atoms with Crippen LogP contribution >= 0.6 is 0 Å². The number of hydrogen-bond donors (Lipinski definition) is 2. The smallest absolute Gasteiger partial charge is 0.303 e. The molecule has 0 saturated carbocycles. The van der Waals surface area contributed by atoms with Crippen LogP contribution in [0.15, 0.2) is 12.8 Å². The summed E-state index contributed by atoms with van der Waals surface area (Å²) in [6, 6.07) is 0. The first-order valence-electron chi connectivity index (χ1n) is 9.65. The Balaban J connectivity index is -0.00000102. The van der Waals surface area contributed by atoms with Crippen LogP contribution in [0.2, 0.25) is 0 Å². The first kappa shape index (κ1) is 28.4. The van der Waals surface area contributed by atoms with E-state index in [4.69, 9.17) is 10.2 Å². The van der Waals surface area contributed by atoms with Gasteiger partial charge in [-0.2, -0.15) is 0 Å². The standard InChI is InChI=1S/C18H36O2.C2H4O.Zn/c1-2-3-4-5-6-7-8-9-10-11-12-13-14-15-16-17-18(19)20;1-2-3;/h2-17H2,1H3,(H,19,20);2-3H,1H2;. The third kappa shape index (κ3) is 33.3. The Morgan fingerprint density at radius 3 is 1.25 bits per heavy atom. The molecule has 0 radical (unpaired) electrons. The molecular formula is C20H40O3Zn. The number of rotatable bonds is 16. The van der Waals surface area contributed by atoms with Crippen molar-refractivity contribution in [2.75, 3.05) is 0 Å². The molecule has 140 valence electrons. The summed E-state index contributed by atoms with van der Waals surface area (Å²) in [5.74, 6) is -0.653. The van der Waals surface area contributed by atoms with E-state index >= 15 is 0 Å². The molecule has 0 aromatic rings. The number of aliphatic hydroxyl groups excluding tert-OH is 1. The second-order valence-corrected chi connectivity index (χ2v) is 6.28. The third-order valence-electron chi connectivity index (χ3n) is 3.99. The van der Waals surface area contributed by atoms with Crippen LogP contribution in [-0.4, -0.2) is 16.2 Å². The molecule has 0 aliphatic carbocycles. The average molecular weight is 394 g/mol. The Hall–Kier alpha value is -0.367. The van der Waals surface area contributed by atoms with Gasteiger partial charge in [0.15, 0.2) is 0 Å². The monoisotopic (exact) mass is 392 g/mol. The molecule has 0 amide bonds. The fraction of sp³-hybridized carbons (Fsp3) is 0.850. The molecule has 0 bridgehead atoms. The zero-order valence-electron chi connectivity index (χ0n) is 16.1. The van der Waals surface area contributed by atoms with Crippen molar-refractivity contribution in [1.29, 1.82) is 0 Å². The molecule has 3 nitrogen and oxygen atoms in total. The normalized spacial score (nSPS) is 9.54. The molecule has 0 aromatic heterocycles. The Morgan fingerprint density at radius 1 is 0.750 bits per heavy atom. The van der Waals surface area contributed by atoms with E-state index in [0.29, 0.717) is 6.42 Å². The number of carboxylic acids is 1. The van der Waals surface area contributed by atoms with Crippen molar-refractivity contribution >= 4 is 5.97 Å². The molecule has 4 heteroatoms. The maximum absolute atomic E-state index is 10.3. The minimum Gasteiger partial charge on any atom is -0.516 e. The van der Waals surface area contributed by atoms with Gasteiger partial charge in [0.2, 0.25) is 0 Å². The van der Waals surface area contributed by atoms with E-state index in [0.717, 1.165) is 19.1 Å². The summed E-state index contributed by atoms with van der Waals surface area (Å²) in [4.78, 5) is 10.3. The van der Waals surface area contributed by atoms with Gasteiger partial charge in [-0.1, -0.05) is 103 Å². The number of hydrogen-bond acceptors (Lipinski definition) is 2. The van der Waals surface area contributed by atoms with Gasteiger partial charge >= 0.3 is 5.97 Å². The molecular weight excluding hydrogens is 354 g/mol. The first-order valence-corrected chi connectivity index (χ1v) is 9.65. The van der Waals surface area contributed by atoms with Gasteiger partial charge in [0.1, 0.15) is 0 Å². The molecule has 2 N–H and O–H groups in total. The molecule has 0 aliphatic rings. The summed E-state index contributed by atoms with van der Waals surface area (Å²) < 4.78 is 0. The van der Waals surface area contributed by atoms with Gasteiger partial charge < -0.3 is 10.2 Å². The quantitative estimate of drug-likeness (QED) is 0.168. The average Bonchev–Trinajstić information content (AvgIpc) is 2.51. The Bertz CT molecular complexity index is 245. The Labute approximate surface area is 163 Å². The van der Waals surface area contributed by atoms with E-state index in [1.165, 1.54) is 83.5 Å². The van der Waals surface area contributed by atoms with Crippen molar-refractivity contribution < 1.29 is 34.5 Å². The van der Waals surface area contributed by atoms with Crippen LogP contribution in [0.5, 0.6) is 0 Å². The molecule has 0 aliphatic heterocycles. The van der Waals surface area contributed by atoms with Crippen LogP contribution in [0.25, 0.3) is 0 Å². The van der Waals surface area contributed by atoms with Gasteiger partial charge in [-0.05, 0) is 6.42 Å². The van der Waals surface area contributed by atoms with Crippen molar-refractivity contribution in [2.24, 2.45) is 0 Å². The van der Waals surface area contributed by atoms with Crippen molar-refractivity contribution in [3.63, 3.8) is 0 Å². The Morgan fingerprint density at radius 2 is 1.00 bits per heavy atom. The number of unbranched alkanes of at least 4 members (excludes halogenated alkanes) is 14. The molecule has 24 heavy (non-hydrogen) atoms. The fourth-order valence-corrected chi connectivity index (χ4v) is 2.65. The van der Waals surface area contributed by atoms with Crippen molar-refractivity contribution in [1.82, 2.24) is 0 Å². The summed E-state index contributed by atoms with van der Waals surface area (Å²) >= 11 is 0. The number of aliphatic carboxylic acids is 1. The SMILES string of the molecule is C=CO.CCCCCCCCCCCCCCCCCC(=O)O.[Zn]. The molecule has 0 fully saturated rings. The van der Waals surface area contributed by atoms with Crippen molar-refractivity contribution in [3.05, 3.63) is 12.8 Å². The van der Waals surface area contributed by atoms with Crippen LogP contribution in [-0.2, 0) is 24.3 Å².